The monoisotopic (exact) mass is 377 g/mol. The van der Waals surface area contributed by atoms with Crippen molar-refractivity contribution in [2.24, 2.45) is 11.8 Å². The molecule has 2 aromatic rings. The second kappa shape index (κ2) is 8.13. The molecule has 0 bridgehead atoms. The summed E-state index contributed by atoms with van der Waals surface area (Å²) in [6, 6.07) is 12.2. The number of rotatable bonds is 5. The van der Waals surface area contributed by atoms with Crippen LogP contribution >= 0.6 is 0 Å². The highest BCUT2D eigenvalue weighted by Crippen LogP contribution is 2.29. The van der Waals surface area contributed by atoms with Gasteiger partial charge in [0.2, 0.25) is 11.8 Å². The van der Waals surface area contributed by atoms with E-state index in [1.807, 2.05) is 41.6 Å². The third kappa shape index (κ3) is 3.93. The average Bonchev–Trinajstić information content (AvgIpc) is 3.35. The van der Waals surface area contributed by atoms with Gasteiger partial charge in [-0.3, -0.25) is 14.6 Å². The van der Waals surface area contributed by atoms with E-state index in [-0.39, 0.29) is 17.7 Å². The van der Waals surface area contributed by atoms with Gasteiger partial charge in [-0.25, -0.2) is 0 Å². The first-order chi connectivity index (χ1) is 13.6. The molecule has 2 fully saturated rings. The second-order valence-electron chi connectivity index (χ2n) is 7.93. The molecule has 4 rings (SSSR count). The predicted molar refractivity (Wildman–Crippen MR) is 109 cm³/mol. The maximum atomic E-state index is 13.0. The molecule has 2 unspecified atom stereocenters. The summed E-state index contributed by atoms with van der Waals surface area (Å²) in [4.78, 5) is 33.4. The van der Waals surface area contributed by atoms with Crippen molar-refractivity contribution in [3.63, 3.8) is 0 Å². The number of nitrogens with zero attached hydrogens (tertiary/aromatic N) is 3. The number of benzene rings is 1. The van der Waals surface area contributed by atoms with Gasteiger partial charge in [0.25, 0.3) is 0 Å². The molecule has 2 atom stereocenters. The van der Waals surface area contributed by atoms with E-state index in [2.05, 4.69) is 24.0 Å². The van der Waals surface area contributed by atoms with E-state index in [9.17, 15) is 9.59 Å². The van der Waals surface area contributed by atoms with Crippen LogP contribution in [-0.2, 0) is 22.4 Å². The lowest BCUT2D eigenvalue weighted by molar-refractivity contribution is -0.134. The molecule has 146 valence electrons. The number of carbonyl (C=O) groups is 2. The number of aryl methyl sites for hydroxylation is 1. The lowest BCUT2D eigenvalue weighted by Crippen LogP contribution is -2.36. The molecule has 3 heterocycles. The zero-order chi connectivity index (χ0) is 19.5. The molecular weight excluding hydrogens is 350 g/mol. The Morgan fingerprint density at radius 2 is 1.96 bits per heavy atom. The molecule has 5 heteroatoms. The van der Waals surface area contributed by atoms with Crippen LogP contribution in [0.15, 0.2) is 48.8 Å². The van der Waals surface area contributed by atoms with Crippen LogP contribution in [0.5, 0.6) is 0 Å². The summed E-state index contributed by atoms with van der Waals surface area (Å²) in [6.07, 6.45) is 6.90. The van der Waals surface area contributed by atoms with Gasteiger partial charge in [-0.1, -0.05) is 19.1 Å². The average molecular weight is 377 g/mol. The van der Waals surface area contributed by atoms with Crippen molar-refractivity contribution in [1.29, 1.82) is 0 Å². The number of likely N-dealkylation sites (tertiary alicyclic amines) is 1. The number of hydrogen-bond acceptors (Lipinski definition) is 3. The van der Waals surface area contributed by atoms with Gasteiger partial charge in [0, 0.05) is 44.1 Å². The summed E-state index contributed by atoms with van der Waals surface area (Å²) in [5, 5.41) is 0. The van der Waals surface area contributed by atoms with Crippen LogP contribution in [0.3, 0.4) is 0 Å². The van der Waals surface area contributed by atoms with E-state index < -0.39 is 0 Å². The van der Waals surface area contributed by atoms with E-state index in [0.717, 1.165) is 38.0 Å². The maximum absolute atomic E-state index is 13.0. The van der Waals surface area contributed by atoms with Crippen LogP contribution in [0, 0.1) is 11.8 Å². The number of anilines is 1. The van der Waals surface area contributed by atoms with Crippen molar-refractivity contribution < 1.29 is 9.59 Å². The van der Waals surface area contributed by atoms with Crippen molar-refractivity contribution >= 4 is 17.5 Å². The molecule has 2 saturated heterocycles. The third-order valence-corrected chi connectivity index (χ3v) is 5.98. The lowest BCUT2D eigenvalue weighted by Gasteiger charge is -2.21. The molecule has 1 aromatic carbocycles. The van der Waals surface area contributed by atoms with Crippen LogP contribution in [0.4, 0.5) is 5.69 Å². The highest BCUT2D eigenvalue weighted by Gasteiger charge is 2.39. The highest BCUT2D eigenvalue weighted by molar-refractivity contribution is 6.00. The number of carbonyl (C=O) groups excluding carboxylic acids is 2. The SMILES string of the molecule is CCc1cccc(N2CC(C(=O)N3CCC(Cc4ccncc4)C3)CC2=O)c1. The van der Waals surface area contributed by atoms with Gasteiger partial charge in [-0.15, -0.1) is 0 Å². The highest BCUT2D eigenvalue weighted by atomic mass is 16.2. The largest absolute Gasteiger partial charge is 0.342 e. The Morgan fingerprint density at radius 3 is 2.75 bits per heavy atom. The van der Waals surface area contributed by atoms with Crippen molar-refractivity contribution in [2.45, 2.75) is 32.6 Å². The summed E-state index contributed by atoms with van der Waals surface area (Å²) < 4.78 is 0. The van der Waals surface area contributed by atoms with E-state index >= 15 is 0 Å². The molecule has 2 amide bonds. The minimum atomic E-state index is -0.225. The second-order valence-corrected chi connectivity index (χ2v) is 7.93. The summed E-state index contributed by atoms with van der Waals surface area (Å²) >= 11 is 0. The molecule has 2 aliphatic heterocycles. The summed E-state index contributed by atoms with van der Waals surface area (Å²) in [6.45, 7) is 4.19. The van der Waals surface area contributed by atoms with Crippen molar-refractivity contribution in [3.05, 3.63) is 59.9 Å². The Balaban J connectivity index is 1.37. The van der Waals surface area contributed by atoms with Gasteiger partial charge < -0.3 is 9.80 Å². The fourth-order valence-electron chi connectivity index (χ4n) is 4.38. The van der Waals surface area contributed by atoms with Crippen molar-refractivity contribution in [3.8, 4) is 0 Å². The van der Waals surface area contributed by atoms with E-state index in [4.69, 9.17) is 0 Å². The van der Waals surface area contributed by atoms with Crippen LogP contribution in [-0.4, -0.2) is 41.3 Å². The molecule has 0 saturated carbocycles. The Labute approximate surface area is 166 Å². The van der Waals surface area contributed by atoms with E-state index in [1.165, 1.54) is 11.1 Å². The zero-order valence-electron chi connectivity index (χ0n) is 16.4. The fourth-order valence-corrected chi connectivity index (χ4v) is 4.38. The topological polar surface area (TPSA) is 53.5 Å². The van der Waals surface area contributed by atoms with Gasteiger partial charge in [-0.2, -0.15) is 0 Å². The molecule has 28 heavy (non-hydrogen) atoms. The Kier molecular flexibility index (Phi) is 5.42. The summed E-state index contributed by atoms with van der Waals surface area (Å²) in [5.74, 6) is 0.456. The summed E-state index contributed by atoms with van der Waals surface area (Å²) in [7, 11) is 0. The molecular formula is C23H27N3O2. The normalized spacial score (nSPS) is 22.1. The number of pyridine rings is 1. The van der Waals surface area contributed by atoms with Crippen molar-refractivity contribution in [1.82, 2.24) is 9.88 Å². The van der Waals surface area contributed by atoms with E-state index in [0.29, 0.717) is 18.9 Å². The lowest BCUT2D eigenvalue weighted by atomic mass is 9.99. The zero-order valence-corrected chi connectivity index (χ0v) is 16.4. The maximum Gasteiger partial charge on any atom is 0.228 e. The van der Waals surface area contributed by atoms with Gasteiger partial charge in [-0.05, 0) is 60.6 Å². The molecule has 0 aliphatic carbocycles. The Morgan fingerprint density at radius 1 is 1.14 bits per heavy atom. The van der Waals surface area contributed by atoms with Gasteiger partial charge >= 0.3 is 0 Å². The first-order valence-corrected chi connectivity index (χ1v) is 10.2. The molecule has 0 radical (unpaired) electrons. The third-order valence-electron chi connectivity index (χ3n) is 5.98. The smallest absolute Gasteiger partial charge is 0.228 e. The molecule has 0 spiro atoms. The Hall–Kier alpha value is -2.69. The van der Waals surface area contributed by atoms with Gasteiger partial charge in [0.1, 0.15) is 0 Å². The summed E-state index contributed by atoms with van der Waals surface area (Å²) in [5.41, 5.74) is 3.39. The molecule has 1 aromatic heterocycles. The molecule has 5 nitrogen and oxygen atoms in total. The fraction of sp³-hybridized carbons (Fsp3) is 0.435. The minimum Gasteiger partial charge on any atom is -0.342 e. The Bertz CT molecular complexity index is 852. The molecule has 2 aliphatic rings. The van der Waals surface area contributed by atoms with Crippen LogP contribution in [0.1, 0.15) is 30.9 Å². The first-order valence-electron chi connectivity index (χ1n) is 10.2. The quantitative estimate of drug-likeness (QED) is 0.805. The standard InChI is InChI=1S/C23H27N3O2/c1-2-17-4-3-5-21(13-17)26-16-20(14-22(26)27)23(28)25-11-8-19(15-25)12-18-6-9-24-10-7-18/h3-7,9-10,13,19-20H,2,8,11-12,14-16H2,1H3. The minimum absolute atomic E-state index is 0.0548. The number of amides is 2. The van der Waals surface area contributed by atoms with Gasteiger partial charge in [0.05, 0.1) is 5.92 Å². The molecule has 0 N–H and O–H groups in total. The number of aromatic nitrogens is 1. The van der Waals surface area contributed by atoms with E-state index in [1.54, 1.807) is 4.90 Å². The van der Waals surface area contributed by atoms with Crippen LogP contribution in [0.2, 0.25) is 0 Å². The predicted octanol–water partition coefficient (Wildman–Crippen LogP) is 3.09. The van der Waals surface area contributed by atoms with Gasteiger partial charge in [0.15, 0.2) is 0 Å². The van der Waals surface area contributed by atoms with Crippen LogP contribution in [0.25, 0.3) is 0 Å². The van der Waals surface area contributed by atoms with Crippen molar-refractivity contribution in [2.75, 3.05) is 24.5 Å². The number of hydrogen-bond donors (Lipinski definition) is 0. The first kappa shape index (κ1) is 18.7. The van der Waals surface area contributed by atoms with Crippen LogP contribution < -0.4 is 4.90 Å².